The summed E-state index contributed by atoms with van der Waals surface area (Å²) in [5.74, 6) is -2.24. The van der Waals surface area contributed by atoms with Gasteiger partial charge in [-0.1, -0.05) is 49.8 Å². The largest absolute Gasteiger partial charge is 0.468 e. The van der Waals surface area contributed by atoms with Gasteiger partial charge in [-0.2, -0.15) is 0 Å². The Morgan fingerprint density at radius 2 is 1.65 bits per heavy atom. The molecule has 0 atom stereocenters. The van der Waals surface area contributed by atoms with E-state index in [0.717, 1.165) is 24.0 Å². The maximum Gasteiger partial charge on any atom is 0.324 e. The maximum atomic E-state index is 11.7. The van der Waals surface area contributed by atoms with Gasteiger partial charge in [-0.25, -0.2) is 0 Å². The zero-order valence-electron chi connectivity index (χ0n) is 12.1. The molecule has 1 aromatic carbocycles. The molecule has 0 saturated carbocycles. The number of allylic oxidation sites excluding steroid dienone is 1. The highest BCUT2D eigenvalue weighted by molar-refractivity contribution is 5.98. The van der Waals surface area contributed by atoms with E-state index < -0.39 is 17.9 Å². The van der Waals surface area contributed by atoms with Crippen LogP contribution >= 0.6 is 0 Å². The van der Waals surface area contributed by atoms with Gasteiger partial charge in [-0.3, -0.25) is 9.59 Å². The van der Waals surface area contributed by atoms with Crippen molar-refractivity contribution in [3.8, 4) is 0 Å². The number of hydrogen-bond acceptors (Lipinski definition) is 4. The van der Waals surface area contributed by atoms with Gasteiger partial charge in [0.2, 0.25) is 0 Å². The highest BCUT2D eigenvalue weighted by atomic mass is 16.5. The van der Waals surface area contributed by atoms with Gasteiger partial charge in [0.1, 0.15) is 0 Å². The van der Waals surface area contributed by atoms with Crippen LogP contribution in [0.3, 0.4) is 0 Å². The first-order chi connectivity index (χ1) is 9.63. The molecule has 20 heavy (non-hydrogen) atoms. The third-order valence-electron chi connectivity index (χ3n) is 2.94. The van der Waals surface area contributed by atoms with Gasteiger partial charge in [0.05, 0.1) is 14.2 Å². The van der Waals surface area contributed by atoms with Gasteiger partial charge in [-0.15, -0.1) is 0 Å². The molecular weight excluding hydrogens is 256 g/mol. The molecule has 1 aromatic rings. The van der Waals surface area contributed by atoms with Crippen molar-refractivity contribution in [2.24, 2.45) is 5.92 Å². The van der Waals surface area contributed by atoms with Crippen molar-refractivity contribution in [2.75, 3.05) is 14.2 Å². The second-order valence-electron chi connectivity index (χ2n) is 4.33. The summed E-state index contributed by atoms with van der Waals surface area (Å²) in [5, 5.41) is 0. The molecule has 0 saturated heterocycles. The summed E-state index contributed by atoms with van der Waals surface area (Å²) in [5.41, 5.74) is 1.93. The molecule has 0 aliphatic heterocycles. The van der Waals surface area contributed by atoms with Crippen LogP contribution in [0.4, 0.5) is 0 Å². The summed E-state index contributed by atoms with van der Waals surface area (Å²) in [6.07, 6.45) is 3.32. The normalized spacial score (nSPS) is 11.3. The average molecular weight is 276 g/mol. The molecule has 4 nitrogen and oxygen atoms in total. The molecule has 0 N–H and O–H groups in total. The van der Waals surface area contributed by atoms with Crippen LogP contribution in [-0.2, 0) is 19.1 Å². The number of esters is 2. The molecule has 0 heterocycles. The molecule has 0 aliphatic rings. The maximum absolute atomic E-state index is 11.7. The molecule has 0 unspecified atom stereocenters. The second kappa shape index (κ2) is 8.15. The minimum Gasteiger partial charge on any atom is -0.468 e. The third-order valence-corrected chi connectivity index (χ3v) is 2.94. The van der Waals surface area contributed by atoms with Crippen LogP contribution in [0.25, 0.3) is 5.57 Å². The summed E-state index contributed by atoms with van der Waals surface area (Å²) in [7, 11) is 2.52. The van der Waals surface area contributed by atoms with Gasteiger partial charge in [0, 0.05) is 0 Å². The van der Waals surface area contributed by atoms with Crippen molar-refractivity contribution < 1.29 is 19.1 Å². The van der Waals surface area contributed by atoms with E-state index >= 15 is 0 Å². The van der Waals surface area contributed by atoms with E-state index in [1.807, 2.05) is 37.3 Å². The van der Waals surface area contributed by atoms with E-state index in [2.05, 4.69) is 9.47 Å². The van der Waals surface area contributed by atoms with Gasteiger partial charge in [0.15, 0.2) is 5.92 Å². The summed E-state index contributed by atoms with van der Waals surface area (Å²) in [6, 6.07) is 9.67. The Kier molecular flexibility index (Phi) is 6.50. The van der Waals surface area contributed by atoms with Gasteiger partial charge >= 0.3 is 11.9 Å². The highest BCUT2D eigenvalue weighted by Gasteiger charge is 2.26. The van der Waals surface area contributed by atoms with E-state index in [9.17, 15) is 9.59 Å². The number of hydrogen-bond donors (Lipinski definition) is 0. The zero-order chi connectivity index (χ0) is 15.0. The molecule has 0 bridgehead atoms. The van der Waals surface area contributed by atoms with Crippen LogP contribution in [0.15, 0.2) is 36.4 Å². The lowest BCUT2D eigenvalue weighted by molar-refractivity contribution is -0.156. The SMILES string of the molecule is CCC/C(=C\C(C(=O)OC)C(=O)OC)c1ccccc1. The fraction of sp³-hybridized carbons (Fsp3) is 0.375. The lowest BCUT2D eigenvalue weighted by Crippen LogP contribution is -2.25. The minimum atomic E-state index is -1.02. The molecule has 108 valence electrons. The van der Waals surface area contributed by atoms with E-state index in [0.29, 0.717) is 0 Å². The second-order valence-corrected chi connectivity index (χ2v) is 4.33. The van der Waals surface area contributed by atoms with Crippen LogP contribution in [0, 0.1) is 5.92 Å². The Bertz CT molecular complexity index is 461. The standard InChI is InChI=1S/C16H20O4/c1-4-8-13(12-9-6-5-7-10-12)11-14(15(17)19-2)16(18)20-3/h5-7,9-11,14H,4,8H2,1-3H3/b13-11+. The van der Waals surface area contributed by atoms with E-state index in [4.69, 9.17) is 0 Å². The number of carbonyl (C=O) groups excluding carboxylic acids is 2. The van der Waals surface area contributed by atoms with E-state index in [1.165, 1.54) is 14.2 Å². The number of ether oxygens (including phenoxy) is 2. The van der Waals surface area contributed by atoms with Crippen molar-refractivity contribution in [1.29, 1.82) is 0 Å². The third kappa shape index (κ3) is 4.23. The Morgan fingerprint density at radius 1 is 1.10 bits per heavy atom. The predicted octanol–water partition coefficient (Wildman–Crippen LogP) is 2.83. The number of benzene rings is 1. The zero-order valence-corrected chi connectivity index (χ0v) is 12.1. The molecular formula is C16H20O4. The first-order valence-electron chi connectivity index (χ1n) is 6.55. The van der Waals surface area contributed by atoms with Crippen LogP contribution in [-0.4, -0.2) is 26.2 Å². The summed E-state index contributed by atoms with van der Waals surface area (Å²) < 4.78 is 9.33. The minimum absolute atomic E-state index is 0.610. The van der Waals surface area contributed by atoms with Gasteiger partial charge < -0.3 is 9.47 Å². The first-order valence-corrected chi connectivity index (χ1v) is 6.55. The van der Waals surface area contributed by atoms with Crippen molar-refractivity contribution in [3.05, 3.63) is 42.0 Å². The first kappa shape index (κ1) is 16.0. The van der Waals surface area contributed by atoms with Crippen LogP contribution in [0.5, 0.6) is 0 Å². The Labute approximate surface area is 119 Å². The monoisotopic (exact) mass is 276 g/mol. The topological polar surface area (TPSA) is 52.6 Å². The number of carbonyl (C=O) groups is 2. The highest BCUT2D eigenvalue weighted by Crippen LogP contribution is 2.22. The Balaban J connectivity index is 3.15. The van der Waals surface area contributed by atoms with E-state index in [1.54, 1.807) is 6.08 Å². The van der Waals surface area contributed by atoms with Crippen molar-refractivity contribution >= 4 is 17.5 Å². The molecule has 1 rings (SSSR count). The van der Waals surface area contributed by atoms with Crippen LogP contribution < -0.4 is 0 Å². The summed E-state index contributed by atoms with van der Waals surface area (Å²) in [6.45, 7) is 2.04. The fourth-order valence-corrected chi connectivity index (χ4v) is 1.93. The van der Waals surface area contributed by atoms with Crippen molar-refractivity contribution in [2.45, 2.75) is 19.8 Å². The van der Waals surface area contributed by atoms with Crippen LogP contribution in [0.1, 0.15) is 25.3 Å². The van der Waals surface area contributed by atoms with Crippen molar-refractivity contribution in [3.63, 3.8) is 0 Å². The molecule has 0 radical (unpaired) electrons. The lowest BCUT2D eigenvalue weighted by Gasteiger charge is -2.12. The van der Waals surface area contributed by atoms with Crippen molar-refractivity contribution in [1.82, 2.24) is 0 Å². The average Bonchev–Trinajstić information content (AvgIpc) is 2.50. The fourth-order valence-electron chi connectivity index (χ4n) is 1.93. The summed E-state index contributed by atoms with van der Waals surface area (Å²) >= 11 is 0. The molecule has 0 amide bonds. The van der Waals surface area contributed by atoms with Gasteiger partial charge in [0.25, 0.3) is 0 Å². The molecule has 0 aliphatic carbocycles. The molecule has 0 spiro atoms. The van der Waals surface area contributed by atoms with E-state index in [-0.39, 0.29) is 0 Å². The number of rotatable bonds is 6. The quantitative estimate of drug-likeness (QED) is 0.592. The molecule has 4 heteroatoms. The Hall–Kier alpha value is -2.10. The predicted molar refractivity (Wildman–Crippen MR) is 76.8 cm³/mol. The van der Waals surface area contributed by atoms with Crippen LogP contribution in [0.2, 0.25) is 0 Å². The molecule has 0 aromatic heterocycles. The Morgan fingerprint density at radius 3 is 2.10 bits per heavy atom. The number of methoxy groups -OCH3 is 2. The van der Waals surface area contributed by atoms with Gasteiger partial charge in [-0.05, 0) is 17.6 Å². The summed E-state index contributed by atoms with van der Waals surface area (Å²) in [4.78, 5) is 23.4. The lowest BCUT2D eigenvalue weighted by atomic mass is 9.96. The smallest absolute Gasteiger partial charge is 0.324 e. The molecule has 0 fully saturated rings.